The maximum atomic E-state index is 15.2. The van der Waals surface area contributed by atoms with Gasteiger partial charge in [0.25, 0.3) is 11.8 Å². The summed E-state index contributed by atoms with van der Waals surface area (Å²) in [6.07, 6.45) is 9.86. The molecule has 1 heterocycles. The zero-order valence-corrected chi connectivity index (χ0v) is 25.6. The Bertz CT molecular complexity index is 1140. The lowest BCUT2D eigenvalue weighted by Gasteiger charge is -2.40. The van der Waals surface area contributed by atoms with Crippen molar-refractivity contribution in [2.24, 2.45) is 5.92 Å². The largest absolute Gasteiger partial charge is 0.497 e. The van der Waals surface area contributed by atoms with Gasteiger partial charge in [0, 0.05) is 32.8 Å². The van der Waals surface area contributed by atoms with Crippen LogP contribution in [0.5, 0.6) is 11.5 Å². The summed E-state index contributed by atoms with van der Waals surface area (Å²) in [6.45, 7) is 5.30. The molecule has 2 aromatic carbocycles. The highest BCUT2D eigenvalue weighted by molar-refractivity contribution is 6.34. The highest BCUT2D eigenvalue weighted by atomic mass is 35.5. The van der Waals surface area contributed by atoms with Crippen LogP contribution in [-0.2, 0) is 0 Å². The second-order valence-corrected chi connectivity index (χ2v) is 11.3. The van der Waals surface area contributed by atoms with E-state index in [0.29, 0.717) is 40.2 Å². The Kier molecular flexibility index (Phi) is 12.8. The van der Waals surface area contributed by atoms with Crippen molar-refractivity contribution >= 4 is 17.5 Å². The predicted molar refractivity (Wildman–Crippen MR) is 162 cm³/mol. The van der Waals surface area contributed by atoms with E-state index in [1.165, 1.54) is 0 Å². The first-order valence-corrected chi connectivity index (χ1v) is 15.2. The third-order valence-corrected chi connectivity index (χ3v) is 8.12. The minimum Gasteiger partial charge on any atom is -0.497 e. The van der Waals surface area contributed by atoms with Crippen LogP contribution >= 0.6 is 11.6 Å². The molecule has 1 unspecified atom stereocenters. The number of halogens is 3. The van der Waals surface area contributed by atoms with Crippen LogP contribution in [0, 0.1) is 5.92 Å². The van der Waals surface area contributed by atoms with Crippen molar-refractivity contribution in [3.8, 4) is 11.5 Å². The number of rotatable bonds is 15. The van der Waals surface area contributed by atoms with E-state index in [1.54, 1.807) is 56.6 Å². The van der Waals surface area contributed by atoms with Gasteiger partial charge in [-0.1, -0.05) is 56.0 Å². The zero-order valence-electron chi connectivity index (χ0n) is 24.9. The summed E-state index contributed by atoms with van der Waals surface area (Å²) in [6, 6.07) is 12.2. The van der Waals surface area contributed by atoms with E-state index in [-0.39, 0.29) is 5.91 Å². The van der Waals surface area contributed by atoms with Gasteiger partial charge in [-0.15, -0.1) is 0 Å². The summed E-state index contributed by atoms with van der Waals surface area (Å²) in [5, 5.41) is 2.93. The summed E-state index contributed by atoms with van der Waals surface area (Å²) in [5.41, 5.74) is 1.76. The molecule has 1 atom stereocenters. The van der Waals surface area contributed by atoms with Crippen molar-refractivity contribution in [3.63, 3.8) is 0 Å². The van der Waals surface area contributed by atoms with Crippen LogP contribution < -0.4 is 14.8 Å². The van der Waals surface area contributed by atoms with Crippen LogP contribution in [0.25, 0.3) is 0 Å². The van der Waals surface area contributed by atoms with Crippen LogP contribution in [0.4, 0.5) is 8.78 Å². The second-order valence-electron chi connectivity index (χ2n) is 10.9. The van der Waals surface area contributed by atoms with Gasteiger partial charge in [-0.25, -0.2) is 8.78 Å². The van der Waals surface area contributed by atoms with E-state index < -0.39 is 11.8 Å². The Morgan fingerprint density at radius 1 is 1.15 bits per heavy atom. The number of hydrogen-bond donors (Lipinski definition) is 1. The van der Waals surface area contributed by atoms with Crippen molar-refractivity contribution < 1.29 is 23.0 Å². The Balaban J connectivity index is 1.55. The van der Waals surface area contributed by atoms with Crippen molar-refractivity contribution in [1.29, 1.82) is 0 Å². The molecule has 1 aliphatic heterocycles. The van der Waals surface area contributed by atoms with Gasteiger partial charge >= 0.3 is 0 Å². The van der Waals surface area contributed by atoms with E-state index >= 15 is 8.78 Å². The molecule has 0 spiro atoms. The summed E-state index contributed by atoms with van der Waals surface area (Å²) >= 11 is 6.21. The molecular formula is C33H45ClF2N2O3. The number of alkyl halides is 2. The molecule has 0 bridgehead atoms. The number of hydrogen-bond acceptors (Lipinski definition) is 4. The lowest BCUT2D eigenvalue weighted by Crippen LogP contribution is -2.39. The molecule has 0 aromatic heterocycles. The molecule has 1 N–H and O–H groups in total. The number of allylic oxidation sites excluding steroid dienone is 2. The number of amides is 1. The number of unbranched alkanes of at least 4 members (excludes halogenated alkanes) is 3. The number of ether oxygens (including phenoxy) is 2. The molecule has 41 heavy (non-hydrogen) atoms. The number of likely N-dealkylation sites (tertiary alicyclic amines) is 1. The number of benzene rings is 2. The van der Waals surface area contributed by atoms with Crippen molar-refractivity contribution in [1.82, 2.24) is 10.2 Å². The van der Waals surface area contributed by atoms with E-state index in [4.69, 9.17) is 21.1 Å². The van der Waals surface area contributed by atoms with Gasteiger partial charge in [-0.05, 0) is 73.9 Å². The first-order valence-electron chi connectivity index (χ1n) is 14.8. The molecule has 1 saturated heterocycles. The molecule has 1 aliphatic rings. The van der Waals surface area contributed by atoms with Crippen LogP contribution in [0.3, 0.4) is 0 Å². The topological polar surface area (TPSA) is 50.8 Å². The van der Waals surface area contributed by atoms with Gasteiger partial charge in [-0.3, -0.25) is 4.79 Å². The summed E-state index contributed by atoms with van der Waals surface area (Å²) < 4.78 is 41.6. The quantitative estimate of drug-likeness (QED) is 0.211. The Morgan fingerprint density at radius 2 is 1.90 bits per heavy atom. The average Bonchev–Trinajstić information content (AvgIpc) is 2.96. The Labute approximate surface area is 249 Å². The lowest BCUT2D eigenvalue weighted by atomic mass is 9.85. The minimum absolute atomic E-state index is 0.226. The first kappa shape index (κ1) is 32.7. The van der Waals surface area contributed by atoms with Crippen LogP contribution in [0.15, 0.2) is 54.2 Å². The average molecular weight is 591 g/mol. The van der Waals surface area contributed by atoms with Gasteiger partial charge < -0.3 is 19.7 Å². The predicted octanol–water partition coefficient (Wildman–Crippen LogP) is 8.48. The third kappa shape index (κ3) is 9.63. The number of carbonyl (C=O) groups is 1. The molecular weight excluding hydrogens is 546 g/mol. The standard InChI is InChI=1S/C33H45ClF2N2O3/c1-5-6-7-14-30(31(33(2,35)36)25-12-10-13-26(22-25)40-4)38-19-17-24(18-20-38)11-8-9-21-41-27-15-16-28(29(34)23-27)32(39)37-3/h10,12-16,22-24,31H,5-9,11,17-21H2,1-4H3,(H,37,39)/b30-14-. The molecule has 0 aliphatic carbocycles. The second kappa shape index (κ2) is 16.0. The smallest absolute Gasteiger partial charge is 0.257 e. The van der Waals surface area contributed by atoms with Gasteiger partial charge in [0.15, 0.2) is 0 Å². The van der Waals surface area contributed by atoms with E-state index in [9.17, 15) is 4.79 Å². The van der Waals surface area contributed by atoms with Gasteiger partial charge in [0.1, 0.15) is 11.5 Å². The highest BCUT2D eigenvalue weighted by Crippen LogP contribution is 2.42. The molecule has 0 saturated carbocycles. The zero-order chi connectivity index (χ0) is 29.8. The molecule has 3 rings (SSSR count). The molecule has 8 heteroatoms. The summed E-state index contributed by atoms with van der Waals surface area (Å²) in [4.78, 5) is 14.0. The van der Waals surface area contributed by atoms with Crippen molar-refractivity contribution in [2.75, 3.05) is 33.9 Å². The van der Waals surface area contributed by atoms with Crippen LogP contribution in [0.1, 0.15) is 87.1 Å². The first-order chi connectivity index (χ1) is 19.7. The number of piperidine rings is 1. The fraction of sp³-hybridized carbons (Fsp3) is 0.545. The van der Waals surface area contributed by atoms with Crippen LogP contribution in [0.2, 0.25) is 5.02 Å². The Morgan fingerprint density at radius 3 is 2.54 bits per heavy atom. The maximum Gasteiger partial charge on any atom is 0.257 e. The fourth-order valence-corrected chi connectivity index (χ4v) is 5.79. The highest BCUT2D eigenvalue weighted by Gasteiger charge is 2.40. The number of carbonyl (C=O) groups excluding carboxylic acids is 1. The SMILES string of the molecule is CCCC/C=C(/C(c1cccc(OC)c1)C(C)(F)F)N1CCC(CCCCOc2ccc(C(=O)NC)c(Cl)c2)CC1. The van der Waals surface area contributed by atoms with E-state index in [0.717, 1.165) is 77.1 Å². The Hall–Kier alpha value is -2.80. The lowest BCUT2D eigenvalue weighted by molar-refractivity contribution is -0.00680. The van der Waals surface area contributed by atoms with Crippen molar-refractivity contribution in [3.05, 3.63) is 70.4 Å². The summed E-state index contributed by atoms with van der Waals surface area (Å²) in [7, 11) is 3.13. The maximum absolute atomic E-state index is 15.2. The van der Waals surface area contributed by atoms with Gasteiger partial charge in [-0.2, -0.15) is 0 Å². The van der Waals surface area contributed by atoms with Gasteiger partial charge in [0.2, 0.25) is 0 Å². The monoisotopic (exact) mass is 590 g/mol. The normalized spacial score (nSPS) is 15.5. The molecule has 1 fully saturated rings. The minimum atomic E-state index is -2.91. The number of methoxy groups -OCH3 is 1. The molecule has 5 nitrogen and oxygen atoms in total. The molecule has 226 valence electrons. The molecule has 1 amide bonds. The molecule has 0 radical (unpaired) electrons. The molecule has 2 aromatic rings. The van der Waals surface area contributed by atoms with Crippen LogP contribution in [-0.4, -0.2) is 50.6 Å². The number of nitrogens with zero attached hydrogens (tertiary/aromatic N) is 1. The third-order valence-electron chi connectivity index (χ3n) is 7.81. The number of nitrogens with one attached hydrogen (secondary N) is 1. The summed E-state index contributed by atoms with van der Waals surface area (Å²) in [5.74, 6) is -2.33. The van der Waals surface area contributed by atoms with Crippen molar-refractivity contribution in [2.45, 2.75) is 77.1 Å². The fourth-order valence-electron chi connectivity index (χ4n) is 5.54. The van der Waals surface area contributed by atoms with E-state index in [2.05, 4.69) is 23.2 Å². The van der Waals surface area contributed by atoms with E-state index in [1.807, 2.05) is 0 Å². The van der Waals surface area contributed by atoms with Gasteiger partial charge in [0.05, 0.1) is 30.2 Å².